The van der Waals surface area contributed by atoms with Crippen LogP contribution in [0, 0.1) is 0 Å². The molecule has 1 aliphatic heterocycles. The maximum Gasteiger partial charge on any atom is 0.339 e. The van der Waals surface area contributed by atoms with E-state index in [1.54, 1.807) is 30.3 Å². The standard InChI is InChI=1S/C20H19N3O7/c1-28-14-6-4-13(5-7-14)23-19(26)18(25)22(20(23)27)11-17(24)21-12-8-15(29-2)10-16(9-12)30-3/h4-10H,11H2,1-3H3,(H,21,24). The maximum absolute atomic E-state index is 12.6. The van der Waals surface area contributed by atoms with Gasteiger partial charge < -0.3 is 19.5 Å². The predicted molar refractivity (Wildman–Crippen MR) is 106 cm³/mol. The third-order valence-electron chi connectivity index (χ3n) is 4.32. The lowest BCUT2D eigenvalue weighted by atomic mass is 10.2. The molecule has 0 unspecified atom stereocenters. The van der Waals surface area contributed by atoms with E-state index in [0.29, 0.717) is 32.7 Å². The van der Waals surface area contributed by atoms with Crippen LogP contribution in [0.15, 0.2) is 42.5 Å². The SMILES string of the molecule is COc1ccc(N2C(=O)C(=O)N(CC(=O)Nc3cc(OC)cc(OC)c3)C2=O)cc1. The molecule has 0 atom stereocenters. The van der Waals surface area contributed by atoms with Gasteiger partial charge in [0.15, 0.2) is 0 Å². The van der Waals surface area contributed by atoms with E-state index < -0.39 is 30.3 Å². The minimum Gasteiger partial charge on any atom is -0.497 e. The Hall–Kier alpha value is -4.08. The van der Waals surface area contributed by atoms with E-state index in [1.165, 1.54) is 33.5 Å². The number of anilines is 2. The van der Waals surface area contributed by atoms with Crippen molar-refractivity contribution >= 4 is 35.1 Å². The van der Waals surface area contributed by atoms with Crippen LogP contribution in [-0.4, -0.2) is 56.5 Å². The van der Waals surface area contributed by atoms with Gasteiger partial charge in [-0.3, -0.25) is 14.4 Å². The first-order chi connectivity index (χ1) is 14.4. The van der Waals surface area contributed by atoms with Crippen molar-refractivity contribution in [3.8, 4) is 17.2 Å². The lowest BCUT2D eigenvalue weighted by Gasteiger charge is -2.16. The Morgan fingerprint density at radius 3 is 1.93 bits per heavy atom. The molecule has 1 heterocycles. The maximum atomic E-state index is 12.6. The number of carbonyl (C=O) groups is 4. The minimum atomic E-state index is -1.09. The van der Waals surface area contributed by atoms with Crippen molar-refractivity contribution in [2.75, 3.05) is 38.1 Å². The Morgan fingerprint density at radius 1 is 0.833 bits per heavy atom. The fourth-order valence-corrected chi connectivity index (χ4v) is 2.83. The second-order valence-electron chi connectivity index (χ2n) is 6.16. The molecule has 30 heavy (non-hydrogen) atoms. The molecule has 10 nitrogen and oxygen atoms in total. The second kappa shape index (κ2) is 8.52. The number of ether oxygens (including phenoxy) is 3. The van der Waals surface area contributed by atoms with Crippen LogP contribution in [0.3, 0.4) is 0 Å². The molecule has 5 amide bonds. The average molecular weight is 413 g/mol. The number of amides is 5. The van der Waals surface area contributed by atoms with Gasteiger partial charge in [0.25, 0.3) is 0 Å². The number of carbonyl (C=O) groups excluding carboxylic acids is 4. The molecule has 1 N–H and O–H groups in total. The van der Waals surface area contributed by atoms with Crippen LogP contribution >= 0.6 is 0 Å². The fraction of sp³-hybridized carbons (Fsp3) is 0.200. The molecule has 1 aliphatic rings. The van der Waals surface area contributed by atoms with Gasteiger partial charge in [-0.15, -0.1) is 0 Å². The highest BCUT2D eigenvalue weighted by molar-refractivity contribution is 6.53. The molecule has 0 saturated carbocycles. The first kappa shape index (κ1) is 20.6. The van der Waals surface area contributed by atoms with Gasteiger partial charge in [-0.2, -0.15) is 0 Å². The van der Waals surface area contributed by atoms with Crippen LogP contribution in [0.5, 0.6) is 17.2 Å². The Morgan fingerprint density at radius 2 is 1.40 bits per heavy atom. The zero-order valence-electron chi connectivity index (χ0n) is 16.5. The molecule has 156 valence electrons. The molecule has 2 aromatic rings. The largest absolute Gasteiger partial charge is 0.497 e. The molecule has 10 heteroatoms. The molecular weight excluding hydrogens is 394 g/mol. The fourth-order valence-electron chi connectivity index (χ4n) is 2.83. The van der Waals surface area contributed by atoms with Gasteiger partial charge in [0, 0.05) is 23.9 Å². The lowest BCUT2D eigenvalue weighted by Crippen LogP contribution is -2.39. The van der Waals surface area contributed by atoms with Crippen LogP contribution in [0.25, 0.3) is 0 Å². The number of rotatable bonds is 7. The molecular formula is C20H19N3O7. The topological polar surface area (TPSA) is 114 Å². The molecule has 0 aliphatic carbocycles. The van der Waals surface area contributed by atoms with E-state index in [1.807, 2.05) is 0 Å². The van der Waals surface area contributed by atoms with E-state index in [-0.39, 0.29) is 5.69 Å². The van der Waals surface area contributed by atoms with Crippen molar-refractivity contribution in [3.63, 3.8) is 0 Å². The average Bonchev–Trinajstić information content (AvgIpc) is 2.96. The van der Waals surface area contributed by atoms with E-state index >= 15 is 0 Å². The van der Waals surface area contributed by atoms with Crippen molar-refractivity contribution in [2.24, 2.45) is 0 Å². The van der Waals surface area contributed by atoms with Gasteiger partial charge in [0.05, 0.1) is 27.0 Å². The van der Waals surface area contributed by atoms with Gasteiger partial charge in [0.2, 0.25) is 5.91 Å². The quantitative estimate of drug-likeness (QED) is 0.542. The molecule has 0 spiro atoms. The van der Waals surface area contributed by atoms with E-state index in [2.05, 4.69) is 5.32 Å². The number of benzene rings is 2. The summed E-state index contributed by atoms with van der Waals surface area (Å²) in [6.07, 6.45) is 0. The number of imide groups is 2. The number of urea groups is 1. The summed E-state index contributed by atoms with van der Waals surface area (Å²) in [4.78, 5) is 50.9. The Bertz CT molecular complexity index is 982. The summed E-state index contributed by atoms with van der Waals surface area (Å²) in [5, 5.41) is 2.55. The molecule has 1 fully saturated rings. The van der Waals surface area contributed by atoms with Crippen LogP contribution < -0.4 is 24.4 Å². The number of methoxy groups -OCH3 is 3. The molecule has 2 aromatic carbocycles. The third kappa shape index (κ3) is 4.02. The number of nitrogens with one attached hydrogen (secondary N) is 1. The highest BCUT2D eigenvalue weighted by Gasteiger charge is 2.46. The van der Waals surface area contributed by atoms with Crippen molar-refractivity contribution in [2.45, 2.75) is 0 Å². The van der Waals surface area contributed by atoms with Gasteiger partial charge in [-0.25, -0.2) is 14.6 Å². The molecule has 0 aromatic heterocycles. The summed E-state index contributed by atoms with van der Waals surface area (Å²) >= 11 is 0. The van der Waals surface area contributed by atoms with Gasteiger partial charge in [-0.1, -0.05) is 0 Å². The van der Waals surface area contributed by atoms with Crippen LogP contribution in [0.2, 0.25) is 0 Å². The highest BCUT2D eigenvalue weighted by Crippen LogP contribution is 2.27. The van der Waals surface area contributed by atoms with Gasteiger partial charge in [0.1, 0.15) is 23.8 Å². The summed E-state index contributed by atoms with van der Waals surface area (Å²) in [5.41, 5.74) is 0.535. The summed E-state index contributed by atoms with van der Waals surface area (Å²) < 4.78 is 15.3. The van der Waals surface area contributed by atoms with Crippen molar-refractivity contribution in [3.05, 3.63) is 42.5 Å². The number of hydrogen-bond donors (Lipinski definition) is 1. The first-order valence-corrected chi connectivity index (χ1v) is 8.74. The van der Waals surface area contributed by atoms with E-state index in [4.69, 9.17) is 14.2 Å². The summed E-state index contributed by atoms with van der Waals surface area (Å²) in [7, 11) is 4.39. The Balaban J connectivity index is 1.74. The normalized spacial score (nSPS) is 13.5. The molecule has 0 radical (unpaired) electrons. The number of nitrogens with zero attached hydrogens (tertiary/aromatic N) is 2. The van der Waals surface area contributed by atoms with Gasteiger partial charge >= 0.3 is 17.8 Å². The van der Waals surface area contributed by atoms with Crippen LogP contribution in [0.4, 0.5) is 16.2 Å². The van der Waals surface area contributed by atoms with Crippen molar-refractivity contribution in [1.82, 2.24) is 4.90 Å². The smallest absolute Gasteiger partial charge is 0.339 e. The lowest BCUT2D eigenvalue weighted by molar-refractivity contribution is -0.140. The second-order valence-corrected chi connectivity index (χ2v) is 6.16. The molecule has 3 rings (SSSR count). The van der Waals surface area contributed by atoms with E-state index in [0.717, 1.165) is 0 Å². The van der Waals surface area contributed by atoms with Crippen LogP contribution in [-0.2, 0) is 14.4 Å². The molecule has 0 bridgehead atoms. The molecule has 1 saturated heterocycles. The predicted octanol–water partition coefficient (Wildman–Crippen LogP) is 1.65. The van der Waals surface area contributed by atoms with Crippen molar-refractivity contribution < 1.29 is 33.4 Å². The summed E-state index contributed by atoms with van der Waals surface area (Å²) in [5.74, 6) is -1.39. The third-order valence-corrected chi connectivity index (χ3v) is 4.32. The van der Waals surface area contributed by atoms with Gasteiger partial charge in [-0.05, 0) is 24.3 Å². The highest BCUT2D eigenvalue weighted by atomic mass is 16.5. The Labute approximate surface area is 171 Å². The van der Waals surface area contributed by atoms with Crippen molar-refractivity contribution in [1.29, 1.82) is 0 Å². The minimum absolute atomic E-state index is 0.194. The van der Waals surface area contributed by atoms with E-state index in [9.17, 15) is 19.2 Å². The van der Waals surface area contributed by atoms with Crippen LogP contribution in [0.1, 0.15) is 0 Å². The summed E-state index contributed by atoms with van der Waals surface area (Å²) in [6.45, 7) is -0.629. The summed E-state index contributed by atoms with van der Waals surface area (Å²) in [6, 6.07) is 9.83. The zero-order valence-corrected chi connectivity index (χ0v) is 16.5. The zero-order chi connectivity index (χ0) is 21.8. The monoisotopic (exact) mass is 413 g/mol. The first-order valence-electron chi connectivity index (χ1n) is 8.74. The Kier molecular flexibility index (Phi) is 5.86. The number of hydrogen-bond acceptors (Lipinski definition) is 7.